The van der Waals surface area contributed by atoms with Crippen LogP contribution in [0.5, 0.6) is 0 Å². The Morgan fingerprint density at radius 1 is 0.878 bits per heavy atom. The monoisotopic (exact) mass is 546 g/mol. The highest BCUT2D eigenvalue weighted by Gasteiger charge is 2.49. The van der Waals surface area contributed by atoms with E-state index >= 15 is 0 Å². The summed E-state index contributed by atoms with van der Waals surface area (Å²) in [6.45, 7) is 6.84. The lowest BCUT2D eigenvalue weighted by atomic mass is 9.64. The van der Waals surface area contributed by atoms with Crippen molar-refractivity contribution in [2.24, 2.45) is 16.9 Å². The molecule has 0 amide bonds. The topological polar surface area (TPSA) is 55.0 Å². The molecule has 0 bridgehead atoms. The molecule has 1 saturated carbocycles. The minimum atomic E-state index is -0.698. The molecule has 210 valence electrons. The average Bonchev–Trinajstić information content (AvgIpc) is 3.67. The van der Waals surface area contributed by atoms with Crippen LogP contribution < -0.4 is 5.01 Å². The standard InChI is InChI=1S/C36H38N2O3/c1-25-21-22-29(36(2,3)27-16-9-5-10-17-27)31(24-25)41-35(39)34-32(30-20-13-23-40-30)33(26-14-7-4-8-15-26)37-38(34)28-18-11-6-12-19-28/h4-20,23,25,29,31-32,34H,21-22,24H2,1-3H3/t25-,29-,31-,32+,34+/m1/s1. The van der Waals surface area contributed by atoms with Gasteiger partial charge in [-0.2, -0.15) is 5.10 Å². The van der Waals surface area contributed by atoms with E-state index in [0.717, 1.165) is 36.2 Å². The van der Waals surface area contributed by atoms with E-state index in [1.165, 1.54) is 5.56 Å². The second-order valence-corrected chi connectivity index (χ2v) is 12.1. The van der Waals surface area contributed by atoms with Gasteiger partial charge in [-0.3, -0.25) is 0 Å². The molecule has 0 spiro atoms. The zero-order valence-electron chi connectivity index (χ0n) is 24.0. The number of para-hydroxylation sites is 1. The Labute approximate surface area is 242 Å². The van der Waals surface area contributed by atoms with Crippen LogP contribution >= 0.6 is 0 Å². The molecule has 4 aromatic rings. The highest BCUT2D eigenvalue weighted by Crippen LogP contribution is 2.45. The quantitative estimate of drug-likeness (QED) is 0.221. The summed E-state index contributed by atoms with van der Waals surface area (Å²) in [6.07, 6.45) is 4.46. The summed E-state index contributed by atoms with van der Waals surface area (Å²) >= 11 is 0. The third-order valence-corrected chi connectivity index (χ3v) is 9.04. The van der Waals surface area contributed by atoms with Gasteiger partial charge in [0.25, 0.3) is 0 Å². The molecule has 5 atom stereocenters. The van der Waals surface area contributed by atoms with E-state index in [-0.39, 0.29) is 23.4 Å². The molecule has 5 nitrogen and oxygen atoms in total. The SMILES string of the molecule is C[C@@H]1CC[C@@H](C(C)(C)c2ccccc2)[C@H](OC(=O)[C@@H]2[C@@H](c3ccco3)C(c3ccccc3)=NN2c2ccccc2)C1. The molecule has 2 aliphatic rings. The van der Waals surface area contributed by atoms with Crippen molar-refractivity contribution in [1.29, 1.82) is 0 Å². The summed E-state index contributed by atoms with van der Waals surface area (Å²) < 4.78 is 12.6. The summed E-state index contributed by atoms with van der Waals surface area (Å²) in [5.74, 6) is 0.709. The number of hydrazone groups is 1. The van der Waals surface area contributed by atoms with Gasteiger partial charge in [-0.15, -0.1) is 0 Å². The molecule has 2 heterocycles. The lowest BCUT2D eigenvalue weighted by Gasteiger charge is -2.44. The van der Waals surface area contributed by atoms with Crippen molar-refractivity contribution in [3.05, 3.63) is 126 Å². The molecule has 1 aliphatic heterocycles. The zero-order valence-corrected chi connectivity index (χ0v) is 24.0. The fourth-order valence-electron chi connectivity index (χ4n) is 6.76. The molecular weight excluding hydrogens is 508 g/mol. The molecule has 41 heavy (non-hydrogen) atoms. The van der Waals surface area contributed by atoms with Gasteiger partial charge in [0.15, 0.2) is 6.04 Å². The van der Waals surface area contributed by atoms with E-state index in [0.29, 0.717) is 11.7 Å². The van der Waals surface area contributed by atoms with E-state index in [4.69, 9.17) is 14.3 Å². The van der Waals surface area contributed by atoms with Crippen molar-refractivity contribution in [2.75, 3.05) is 5.01 Å². The van der Waals surface area contributed by atoms with Crippen molar-refractivity contribution in [3.8, 4) is 0 Å². The first-order valence-corrected chi connectivity index (χ1v) is 14.7. The van der Waals surface area contributed by atoms with Gasteiger partial charge >= 0.3 is 5.97 Å². The smallest absolute Gasteiger partial charge is 0.332 e. The number of rotatable bonds is 7. The largest absolute Gasteiger partial charge is 0.469 e. The van der Waals surface area contributed by atoms with Gasteiger partial charge < -0.3 is 9.15 Å². The minimum Gasteiger partial charge on any atom is -0.469 e. The molecule has 1 fully saturated rings. The van der Waals surface area contributed by atoms with Gasteiger partial charge in [0.05, 0.1) is 23.6 Å². The third-order valence-electron chi connectivity index (χ3n) is 9.04. The van der Waals surface area contributed by atoms with E-state index in [2.05, 4.69) is 51.1 Å². The predicted octanol–water partition coefficient (Wildman–Crippen LogP) is 7.98. The van der Waals surface area contributed by atoms with Crippen LogP contribution in [-0.2, 0) is 14.9 Å². The Bertz CT molecular complexity index is 1470. The molecule has 3 aromatic carbocycles. The number of anilines is 1. The number of benzene rings is 3. The lowest BCUT2D eigenvalue weighted by Crippen LogP contribution is -2.47. The Morgan fingerprint density at radius 2 is 1.54 bits per heavy atom. The van der Waals surface area contributed by atoms with E-state index in [1.54, 1.807) is 6.26 Å². The van der Waals surface area contributed by atoms with Gasteiger partial charge in [0, 0.05) is 5.92 Å². The van der Waals surface area contributed by atoms with Crippen LogP contribution in [0.4, 0.5) is 5.69 Å². The highest BCUT2D eigenvalue weighted by atomic mass is 16.5. The molecule has 0 radical (unpaired) electrons. The summed E-state index contributed by atoms with van der Waals surface area (Å²) in [4.78, 5) is 14.5. The Kier molecular flexibility index (Phi) is 7.53. The molecule has 1 aliphatic carbocycles. The molecule has 0 saturated heterocycles. The van der Waals surface area contributed by atoms with Gasteiger partial charge in [0.2, 0.25) is 0 Å². The fraction of sp³-hybridized carbons (Fsp3) is 0.333. The Morgan fingerprint density at radius 3 is 2.20 bits per heavy atom. The maximum atomic E-state index is 14.5. The summed E-state index contributed by atoms with van der Waals surface area (Å²) in [7, 11) is 0. The van der Waals surface area contributed by atoms with Crippen molar-refractivity contribution in [3.63, 3.8) is 0 Å². The van der Waals surface area contributed by atoms with Gasteiger partial charge in [-0.05, 0) is 59.6 Å². The average molecular weight is 547 g/mol. The number of hydrogen-bond acceptors (Lipinski definition) is 5. The van der Waals surface area contributed by atoms with E-state index < -0.39 is 12.0 Å². The third kappa shape index (κ3) is 5.33. The first-order valence-electron chi connectivity index (χ1n) is 14.7. The number of furan rings is 1. The van der Waals surface area contributed by atoms with Gasteiger partial charge in [-0.1, -0.05) is 106 Å². The van der Waals surface area contributed by atoms with Gasteiger partial charge in [-0.25, -0.2) is 9.80 Å². The molecule has 0 unspecified atom stereocenters. The lowest BCUT2D eigenvalue weighted by molar-refractivity contribution is -0.158. The van der Waals surface area contributed by atoms with Crippen LogP contribution in [0, 0.1) is 11.8 Å². The normalized spacial score (nSPS) is 24.6. The Hall–Kier alpha value is -4.12. The zero-order chi connectivity index (χ0) is 28.4. The maximum absolute atomic E-state index is 14.5. The van der Waals surface area contributed by atoms with E-state index in [1.807, 2.05) is 77.8 Å². The van der Waals surface area contributed by atoms with Crippen molar-refractivity contribution >= 4 is 17.4 Å². The maximum Gasteiger partial charge on any atom is 0.332 e. The summed E-state index contributed by atoms with van der Waals surface area (Å²) in [5, 5.41) is 6.92. The second kappa shape index (κ2) is 11.4. The molecule has 5 heteroatoms. The van der Waals surface area contributed by atoms with Crippen molar-refractivity contribution < 1.29 is 13.9 Å². The second-order valence-electron chi connectivity index (χ2n) is 12.1. The summed E-state index contributed by atoms with van der Waals surface area (Å²) in [6, 6.07) is 33.7. The number of esters is 1. The Balaban J connectivity index is 1.38. The first kappa shape index (κ1) is 27.1. The predicted molar refractivity (Wildman–Crippen MR) is 163 cm³/mol. The molecular formula is C36H38N2O3. The first-order chi connectivity index (χ1) is 19.9. The van der Waals surface area contributed by atoms with Crippen LogP contribution in [0.15, 0.2) is 119 Å². The molecule has 0 N–H and O–H groups in total. The number of nitrogens with zero attached hydrogens (tertiary/aromatic N) is 2. The van der Waals surface area contributed by atoms with Crippen LogP contribution in [-0.4, -0.2) is 23.8 Å². The van der Waals surface area contributed by atoms with Crippen molar-refractivity contribution in [1.82, 2.24) is 0 Å². The highest BCUT2D eigenvalue weighted by molar-refractivity contribution is 6.11. The minimum absolute atomic E-state index is 0.146. The van der Waals surface area contributed by atoms with Gasteiger partial charge in [0.1, 0.15) is 11.9 Å². The van der Waals surface area contributed by atoms with Crippen LogP contribution in [0.3, 0.4) is 0 Å². The number of hydrogen-bond donors (Lipinski definition) is 0. The molecule has 1 aromatic heterocycles. The van der Waals surface area contributed by atoms with Crippen LogP contribution in [0.25, 0.3) is 0 Å². The fourth-order valence-corrected chi connectivity index (χ4v) is 6.76. The number of carbonyl (C=O) groups is 1. The van der Waals surface area contributed by atoms with E-state index in [9.17, 15) is 4.79 Å². The summed E-state index contributed by atoms with van der Waals surface area (Å²) in [5.41, 5.74) is 3.72. The van der Waals surface area contributed by atoms with Crippen LogP contribution in [0.2, 0.25) is 0 Å². The molecule has 6 rings (SSSR count). The van der Waals surface area contributed by atoms with Crippen LogP contribution in [0.1, 0.15) is 62.8 Å². The number of carbonyl (C=O) groups excluding carboxylic acids is 1. The van der Waals surface area contributed by atoms with Crippen molar-refractivity contribution in [2.45, 2.75) is 63.5 Å². The number of ether oxygens (including phenoxy) is 1.